The van der Waals surface area contributed by atoms with E-state index < -0.39 is 22.1 Å². The van der Waals surface area contributed by atoms with Crippen molar-refractivity contribution in [3.05, 3.63) is 0 Å². The molecule has 0 aromatic carbocycles. The summed E-state index contributed by atoms with van der Waals surface area (Å²) in [5.41, 5.74) is 0. The highest BCUT2D eigenvalue weighted by atomic mass is 32.2. The lowest BCUT2D eigenvalue weighted by Gasteiger charge is -2.34. The van der Waals surface area contributed by atoms with Gasteiger partial charge in [-0.05, 0) is 5.92 Å². The summed E-state index contributed by atoms with van der Waals surface area (Å²) >= 11 is 0. The minimum absolute atomic E-state index is 0.242. The van der Waals surface area contributed by atoms with Crippen LogP contribution in [0.4, 0.5) is 8.78 Å². The van der Waals surface area contributed by atoms with E-state index in [-0.39, 0.29) is 19.4 Å². The molecule has 12 heavy (non-hydrogen) atoms. The summed E-state index contributed by atoms with van der Waals surface area (Å²) in [6.07, 6.45) is -0.634. The maximum atomic E-state index is 12.2. The van der Waals surface area contributed by atoms with Crippen molar-refractivity contribution in [2.45, 2.75) is 18.8 Å². The zero-order valence-corrected chi connectivity index (χ0v) is 6.98. The highest BCUT2D eigenvalue weighted by Gasteiger charge is 2.45. The molecule has 1 aliphatic rings. The summed E-state index contributed by atoms with van der Waals surface area (Å²) in [6.45, 7) is -0.242. The van der Waals surface area contributed by atoms with Crippen LogP contribution in [0, 0.1) is 5.92 Å². The van der Waals surface area contributed by atoms with Crippen LogP contribution in [0.2, 0.25) is 0 Å². The molecular weight excluding hydrogens is 192 g/mol. The molecule has 1 saturated carbocycles. The zero-order chi connectivity index (χ0) is 9.41. The van der Waals surface area contributed by atoms with Crippen LogP contribution >= 0.6 is 0 Å². The van der Waals surface area contributed by atoms with E-state index in [1.54, 1.807) is 0 Å². The quantitative estimate of drug-likeness (QED) is 0.711. The summed E-state index contributed by atoms with van der Waals surface area (Å²) in [4.78, 5) is 0. The van der Waals surface area contributed by atoms with Gasteiger partial charge in [-0.1, -0.05) is 0 Å². The molecule has 0 saturated heterocycles. The van der Waals surface area contributed by atoms with Crippen LogP contribution in [0.25, 0.3) is 0 Å². The molecule has 1 fully saturated rings. The lowest BCUT2D eigenvalue weighted by molar-refractivity contribution is -0.118. The van der Waals surface area contributed by atoms with Crippen LogP contribution < -0.4 is 5.14 Å². The van der Waals surface area contributed by atoms with Crippen LogP contribution in [-0.4, -0.2) is 20.9 Å². The highest BCUT2D eigenvalue weighted by Crippen LogP contribution is 2.42. The van der Waals surface area contributed by atoms with E-state index >= 15 is 0 Å². The fourth-order valence-corrected chi connectivity index (χ4v) is 1.48. The third kappa shape index (κ3) is 3.00. The molecule has 72 valence electrons. The Hall–Kier alpha value is -0.270. The Morgan fingerprint density at radius 2 is 2.00 bits per heavy atom. The van der Waals surface area contributed by atoms with Gasteiger partial charge in [0, 0.05) is 12.8 Å². The van der Waals surface area contributed by atoms with Gasteiger partial charge in [0.15, 0.2) is 0 Å². The molecule has 0 unspecified atom stereocenters. The summed E-state index contributed by atoms with van der Waals surface area (Å²) in [5, 5.41) is 4.49. The Morgan fingerprint density at radius 1 is 1.50 bits per heavy atom. The number of nitrogens with two attached hydrogens (primary N) is 1. The fourth-order valence-electron chi connectivity index (χ4n) is 1.09. The van der Waals surface area contributed by atoms with Gasteiger partial charge in [0.25, 0.3) is 0 Å². The van der Waals surface area contributed by atoms with E-state index in [0.29, 0.717) is 0 Å². The van der Waals surface area contributed by atoms with Gasteiger partial charge in [0.2, 0.25) is 5.92 Å². The maximum absolute atomic E-state index is 12.2. The minimum Gasteiger partial charge on any atom is -0.258 e. The normalized spacial score (nSPS) is 23.6. The van der Waals surface area contributed by atoms with E-state index in [1.807, 2.05) is 0 Å². The standard InChI is InChI=1S/C5H9F2NO3S/c6-5(7)1-4(2-5)3-11-12(8,9)10/h4H,1-3H2,(H2,8,9,10). The predicted octanol–water partition coefficient (Wildman–Crippen LogP) is 0.252. The Kier molecular flexibility index (Phi) is 2.37. The number of hydrogen-bond donors (Lipinski definition) is 1. The maximum Gasteiger partial charge on any atom is 0.333 e. The molecule has 1 aliphatic carbocycles. The molecule has 0 aromatic rings. The molecule has 0 bridgehead atoms. The zero-order valence-electron chi connectivity index (χ0n) is 6.16. The van der Waals surface area contributed by atoms with Gasteiger partial charge in [-0.2, -0.15) is 8.42 Å². The Morgan fingerprint density at radius 3 is 2.33 bits per heavy atom. The highest BCUT2D eigenvalue weighted by molar-refractivity contribution is 7.84. The first-order chi connectivity index (χ1) is 5.29. The smallest absolute Gasteiger partial charge is 0.258 e. The van der Waals surface area contributed by atoms with Gasteiger partial charge in [-0.25, -0.2) is 13.9 Å². The topological polar surface area (TPSA) is 69.4 Å². The van der Waals surface area contributed by atoms with Gasteiger partial charge in [0.05, 0.1) is 6.61 Å². The van der Waals surface area contributed by atoms with E-state index in [4.69, 9.17) is 0 Å². The van der Waals surface area contributed by atoms with Gasteiger partial charge >= 0.3 is 10.3 Å². The van der Waals surface area contributed by atoms with E-state index in [9.17, 15) is 17.2 Å². The molecule has 0 radical (unpaired) electrons. The average Bonchev–Trinajstić information content (AvgIpc) is 1.76. The summed E-state index contributed by atoms with van der Waals surface area (Å²) < 4.78 is 48.9. The number of alkyl halides is 2. The van der Waals surface area contributed by atoms with E-state index in [0.717, 1.165) is 0 Å². The first-order valence-electron chi connectivity index (χ1n) is 3.33. The number of rotatable bonds is 3. The Labute approximate surface area is 68.9 Å². The van der Waals surface area contributed by atoms with Crippen molar-refractivity contribution in [3.63, 3.8) is 0 Å². The molecule has 0 atom stereocenters. The minimum atomic E-state index is -3.98. The second-order valence-corrected chi connectivity index (χ2v) is 4.13. The van der Waals surface area contributed by atoms with Crippen LogP contribution in [0.3, 0.4) is 0 Å². The van der Waals surface area contributed by atoms with Crippen molar-refractivity contribution in [2.24, 2.45) is 11.1 Å². The second-order valence-electron chi connectivity index (χ2n) is 2.91. The third-order valence-electron chi connectivity index (χ3n) is 1.64. The van der Waals surface area contributed by atoms with E-state index in [2.05, 4.69) is 9.32 Å². The summed E-state index contributed by atoms with van der Waals surface area (Å²) in [6, 6.07) is 0. The lowest BCUT2D eigenvalue weighted by atomic mass is 9.82. The fraction of sp³-hybridized carbons (Fsp3) is 1.00. The van der Waals surface area contributed by atoms with Crippen LogP contribution in [0.1, 0.15) is 12.8 Å². The van der Waals surface area contributed by atoms with Crippen molar-refractivity contribution in [2.75, 3.05) is 6.61 Å². The number of hydrogen-bond acceptors (Lipinski definition) is 3. The molecule has 0 heterocycles. The van der Waals surface area contributed by atoms with Gasteiger partial charge < -0.3 is 0 Å². The van der Waals surface area contributed by atoms with Crippen LogP contribution in [-0.2, 0) is 14.5 Å². The van der Waals surface area contributed by atoms with Crippen molar-refractivity contribution >= 4 is 10.3 Å². The van der Waals surface area contributed by atoms with Crippen molar-refractivity contribution in [3.8, 4) is 0 Å². The summed E-state index contributed by atoms with van der Waals surface area (Å²) in [7, 11) is -3.98. The first-order valence-corrected chi connectivity index (χ1v) is 4.81. The Bertz CT molecular complexity index is 256. The largest absolute Gasteiger partial charge is 0.333 e. The van der Waals surface area contributed by atoms with Gasteiger partial charge in [-0.15, -0.1) is 0 Å². The van der Waals surface area contributed by atoms with Crippen LogP contribution in [0.5, 0.6) is 0 Å². The van der Waals surface area contributed by atoms with Crippen molar-refractivity contribution < 1.29 is 21.4 Å². The molecular formula is C5H9F2NO3S. The van der Waals surface area contributed by atoms with Crippen LogP contribution in [0.15, 0.2) is 0 Å². The Balaban J connectivity index is 2.21. The van der Waals surface area contributed by atoms with Crippen molar-refractivity contribution in [1.82, 2.24) is 0 Å². The average molecular weight is 201 g/mol. The summed E-state index contributed by atoms with van der Waals surface area (Å²) in [5.74, 6) is -3.04. The number of halogens is 2. The molecule has 0 amide bonds. The molecule has 2 N–H and O–H groups in total. The monoisotopic (exact) mass is 201 g/mol. The predicted molar refractivity (Wildman–Crippen MR) is 36.7 cm³/mol. The molecule has 0 aliphatic heterocycles. The van der Waals surface area contributed by atoms with E-state index in [1.165, 1.54) is 0 Å². The molecule has 0 aromatic heterocycles. The molecule has 1 rings (SSSR count). The molecule has 7 heteroatoms. The van der Waals surface area contributed by atoms with Gasteiger partial charge in [-0.3, -0.25) is 4.18 Å². The molecule has 4 nitrogen and oxygen atoms in total. The SMILES string of the molecule is NS(=O)(=O)OCC1CC(F)(F)C1. The second kappa shape index (κ2) is 2.90. The molecule has 0 spiro atoms. The third-order valence-corrected chi connectivity index (χ3v) is 2.11. The van der Waals surface area contributed by atoms with Crippen molar-refractivity contribution in [1.29, 1.82) is 0 Å². The first kappa shape index (κ1) is 9.82. The lowest BCUT2D eigenvalue weighted by Crippen LogP contribution is -2.38. The van der Waals surface area contributed by atoms with Gasteiger partial charge in [0.1, 0.15) is 0 Å².